The molecular weight excluding hydrogens is 286 g/mol. The first-order valence-electron chi connectivity index (χ1n) is 7.12. The van der Waals surface area contributed by atoms with Crippen molar-refractivity contribution in [3.8, 4) is 0 Å². The average molecular weight is 305 g/mol. The first kappa shape index (κ1) is 14.6. The van der Waals surface area contributed by atoms with E-state index in [9.17, 15) is 4.79 Å². The largest absolute Gasteiger partial charge is 0.382 e. The molecule has 0 unspecified atom stereocenters. The van der Waals surface area contributed by atoms with Crippen molar-refractivity contribution in [1.29, 1.82) is 0 Å². The minimum Gasteiger partial charge on any atom is -0.382 e. The predicted molar refractivity (Wildman–Crippen MR) is 78.1 cm³/mol. The van der Waals surface area contributed by atoms with Crippen LogP contribution in [0.15, 0.2) is 23.0 Å². The molecule has 1 aliphatic heterocycles. The summed E-state index contributed by atoms with van der Waals surface area (Å²) in [6.45, 7) is 2.87. The number of rotatable bonds is 4. The van der Waals surface area contributed by atoms with E-state index < -0.39 is 0 Å². The Bertz CT molecular complexity index is 665. The van der Waals surface area contributed by atoms with Gasteiger partial charge in [0.15, 0.2) is 0 Å². The molecular formula is C14H19N5O3. The number of nitrogen functional groups attached to an aromatic ring is 1. The van der Waals surface area contributed by atoms with Crippen molar-refractivity contribution >= 4 is 11.7 Å². The Balaban J connectivity index is 1.80. The normalized spacial score (nSPS) is 21.5. The van der Waals surface area contributed by atoms with Gasteiger partial charge >= 0.3 is 0 Å². The van der Waals surface area contributed by atoms with Crippen LogP contribution in [-0.2, 0) is 11.3 Å². The minimum atomic E-state index is -0.0940. The molecule has 0 aromatic carbocycles. The van der Waals surface area contributed by atoms with Gasteiger partial charge in [0.2, 0.25) is 0 Å². The van der Waals surface area contributed by atoms with Gasteiger partial charge in [-0.2, -0.15) is 5.10 Å². The zero-order valence-electron chi connectivity index (χ0n) is 12.6. The van der Waals surface area contributed by atoms with E-state index in [4.69, 9.17) is 15.0 Å². The molecule has 1 saturated heterocycles. The van der Waals surface area contributed by atoms with E-state index in [2.05, 4.69) is 10.3 Å². The number of ether oxygens (including phenoxy) is 1. The van der Waals surface area contributed by atoms with Gasteiger partial charge in [0.25, 0.3) is 5.91 Å². The SMILES string of the molecule is CO[C@@H]1C[C@@H](Cn2ccc(N)n2)N(C(=O)c2conc2C)C1. The molecule has 2 aromatic heterocycles. The second-order valence-electron chi connectivity index (χ2n) is 5.48. The third-order valence-corrected chi connectivity index (χ3v) is 4.01. The van der Waals surface area contributed by atoms with Crippen LogP contribution < -0.4 is 5.73 Å². The lowest BCUT2D eigenvalue weighted by Crippen LogP contribution is -2.38. The first-order valence-corrected chi connectivity index (χ1v) is 7.12. The lowest BCUT2D eigenvalue weighted by Gasteiger charge is -2.24. The number of carbonyl (C=O) groups excluding carboxylic acids is 1. The summed E-state index contributed by atoms with van der Waals surface area (Å²) in [5.74, 6) is 0.373. The van der Waals surface area contributed by atoms with Gasteiger partial charge in [0.05, 0.1) is 24.4 Å². The van der Waals surface area contributed by atoms with Gasteiger partial charge in [-0.1, -0.05) is 5.16 Å². The summed E-state index contributed by atoms with van der Waals surface area (Å²) in [6, 6.07) is 1.73. The number of aryl methyl sites for hydroxylation is 1. The molecule has 3 rings (SSSR count). The Hall–Kier alpha value is -2.35. The number of nitrogens with zero attached hydrogens (tertiary/aromatic N) is 4. The molecule has 22 heavy (non-hydrogen) atoms. The number of aromatic nitrogens is 3. The number of anilines is 1. The van der Waals surface area contributed by atoms with Crippen molar-refractivity contribution < 1.29 is 14.1 Å². The number of methoxy groups -OCH3 is 1. The molecule has 1 aliphatic rings. The maximum Gasteiger partial charge on any atom is 0.259 e. The third-order valence-electron chi connectivity index (χ3n) is 4.01. The molecule has 2 aromatic rings. The van der Waals surface area contributed by atoms with E-state index in [1.807, 2.05) is 6.20 Å². The van der Waals surface area contributed by atoms with Crippen molar-refractivity contribution in [1.82, 2.24) is 19.8 Å². The highest BCUT2D eigenvalue weighted by Crippen LogP contribution is 2.24. The molecule has 2 atom stereocenters. The second kappa shape index (κ2) is 5.80. The van der Waals surface area contributed by atoms with Crippen LogP contribution in [0.25, 0.3) is 0 Å². The molecule has 0 radical (unpaired) electrons. The predicted octanol–water partition coefficient (Wildman–Crippen LogP) is 0.691. The van der Waals surface area contributed by atoms with Gasteiger partial charge in [0.1, 0.15) is 17.6 Å². The highest BCUT2D eigenvalue weighted by Gasteiger charge is 2.37. The summed E-state index contributed by atoms with van der Waals surface area (Å²) in [5.41, 5.74) is 6.72. The zero-order valence-corrected chi connectivity index (χ0v) is 12.6. The second-order valence-corrected chi connectivity index (χ2v) is 5.48. The fourth-order valence-electron chi connectivity index (χ4n) is 2.81. The van der Waals surface area contributed by atoms with E-state index in [1.165, 1.54) is 6.26 Å². The molecule has 8 nitrogen and oxygen atoms in total. The maximum absolute atomic E-state index is 12.7. The van der Waals surface area contributed by atoms with Crippen LogP contribution in [0.4, 0.5) is 5.82 Å². The average Bonchev–Trinajstić information content (AvgIpc) is 3.19. The van der Waals surface area contributed by atoms with Gasteiger partial charge in [-0.25, -0.2) is 0 Å². The van der Waals surface area contributed by atoms with Gasteiger partial charge < -0.3 is 19.9 Å². The smallest absolute Gasteiger partial charge is 0.259 e. The quantitative estimate of drug-likeness (QED) is 0.892. The van der Waals surface area contributed by atoms with E-state index >= 15 is 0 Å². The standard InChI is InChI=1S/C14H19N5O3/c1-9-12(8-22-17-9)14(20)19-7-11(21-2)5-10(19)6-18-4-3-13(15)16-18/h3-4,8,10-11H,5-7H2,1-2H3,(H2,15,16)/t10-,11+/m0/s1. The molecule has 0 bridgehead atoms. The molecule has 1 amide bonds. The van der Waals surface area contributed by atoms with Gasteiger partial charge in [0, 0.05) is 19.9 Å². The number of likely N-dealkylation sites (tertiary alicyclic amines) is 1. The monoisotopic (exact) mass is 305 g/mol. The van der Waals surface area contributed by atoms with Crippen LogP contribution in [0, 0.1) is 6.92 Å². The topological polar surface area (TPSA) is 99.4 Å². The Morgan fingerprint density at radius 2 is 2.41 bits per heavy atom. The van der Waals surface area contributed by atoms with Crippen LogP contribution in [0.3, 0.4) is 0 Å². The highest BCUT2D eigenvalue weighted by molar-refractivity contribution is 5.95. The lowest BCUT2D eigenvalue weighted by molar-refractivity contribution is 0.0677. The molecule has 0 aliphatic carbocycles. The highest BCUT2D eigenvalue weighted by atomic mass is 16.5. The van der Waals surface area contributed by atoms with E-state index in [-0.39, 0.29) is 18.1 Å². The van der Waals surface area contributed by atoms with Gasteiger partial charge in [-0.3, -0.25) is 9.48 Å². The molecule has 8 heteroatoms. The Labute approximate surface area is 127 Å². The minimum absolute atomic E-state index is 0.00829. The number of hydrogen-bond donors (Lipinski definition) is 1. The van der Waals surface area contributed by atoms with Crippen LogP contribution >= 0.6 is 0 Å². The van der Waals surface area contributed by atoms with Crippen LogP contribution in [-0.4, -0.2) is 51.5 Å². The summed E-state index contributed by atoms with van der Waals surface area (Å²) in [7, 11) is 1.66. The molecule has 0 saturated carbocycles. The Morgan fingerprint density at radius 3 is 3.00 bits per heavy atom. The van der Waals surface area contributed by atoms with Crippen molar-refractivity contribution in [2.45, 2.75) is 32.0 Å². The summed E-state index contributed by atoms with van der Waals surface area (Å²) in [5, 5.41) is 7.96. The summed E-state index contributed by atoms with van der Waals surface area (Å²) >= 11 is 0. The van der Waals surface area contributed by atoms with Gasteiger partial charge in [-0.15, -0.1) is 0 Å². The first-order chi connectivity index (χ1) is 10.6. The lowest BCUT2D eigenvalue weighted by atomic mass is 10.2. The Kier molecular flexibility index (Phi) is 3.84. The molecule has 118 valence electrons. The van der Waals surface area contributed by atoms with Crippen molar-refractivity contribution in [2.75, 3.05) is 19.4 Å². The molecule has 2 N–H and O–H groups in total. The zero-order chi connectivity index (χ0) is 15.7. The van der Waals surface area contributed by atoms with Crippen molar-refractivity contribution in [2.24, 2.45) is 0 Å². The van der Waals surface area contributed by atoms with Crippen LogP contribution in [0.5, 0.6) is 0 Å². The summed E-state index contributed by atoms with van der Waals surface area (Å²) < 4.78 is 12.0. The number of hydrogen-bond acceptors (Lipinski definition) is 6. The molecule has 1 fully saturated rings. The van der Waals surface area contributed by atoms with Crippen molar-refractivity contribution in [3.05, 3.63) is 29.8 Å². The van der Waals surface area contributed by atoms with E-state index in [0.717, 1.165) is 6.42 Å². The van der Waals surface area contributed by atoms with E-state index in [0.29, 0.717) is 30.2 Å². The summed E-state index contributed by atoms with van der Waals surface area (Å²) in [4.78, 5) is 14.5. The fraction of sp³-hybridized carbons (Fsp3) is 0.500. The van der Waals surface area contributed by atoms with Crippen LogP contribution in [0.1, 0.15) is 22.5 Å². The number of carbonyl (C=O) groups is 1. The summed E-state index contributed by atoms with van der Waals surface area (Å²) in [6.07, 6.45) is 3.97. The molecule has 0 spiro atoms. The molecule has 3 heterocycles. The van der Waals surface area contributed by atoms with Crippen molar-refractivity contribution in [3.63, 3.8) is 0 Å². The van der Waals surface area contributed by atoms with Gasteiger partial charge in [-0.05, 0) is 19.4 Å². The Morgan fingerprint density at radius 1 is 1.59 bits per heavy atom. The maximum atomic E-state index is 12.7. The fourth-order valence-corrected chi connectivity index (χ4v) is 2.81. The van der Waals surface area contributed by atoms with Crippen LogP contribution in [0.2, 0.25) is 0 Å². The number of nitrogens with two attached hydrogens (primary N) is 1. The number of amides is 1. The third kappa shape index (κ3) is 2.69. The van der Waals surface area contributed by atoms with E-state index in [1.54, 1.807) is 29.7 Å².